The van der Waals surface area contributed by atoms with Crippen LogP contribution in [0.1, 0.15) is 45.1 Å². The number of benzene rings is 1. The highest BCUT2D eigenvalue weighted by molar-refractivity contribution is 8.12. The van der Waals surface area contributed by atoms with E-state index in [9.17, 15) is 4.79 Å². The van der Waals surface area contributed by atoms with Crippen LogP contribution in [0.5, 0.6) is 11.5 Å². The lowest BCUT2D eigenvalue weighted by Gasteiger charge is -2.33. The lowest BCUT2D eigenvalue weighted by Crippen LogP contribution is -2.39. The average molecular weight is 434 g/mol. The van der Waals surface area contributed by atoms with E-state index in [0.717, 1.165) is 25.1 Å². The first-order valence-corrected chi connectivity index (χ1v) is 11.3. The molecule has 1 atom stereocenters. The van der Waals surface area contributed by atoms with Gasteiger partial charge >= 0.3 is 0 Å². The largest absolute Gasteiger partial charge is 0.496 e. The molecule has 7 heteroatoms. The number of piperidine rings is 1. The van der Waals surface area contributed by atoms with Crippen molar-refractivity contribution in [2.24, 2.45) is 5.73 Å². The Morgan fingerprint density at radius 2 is 1.97 bits per heavy atom. The minimum Gasteiger partial charge on any atom is -0.496 e. The van der Waals surface area contributed by atoms with E-state index in [4.69, 9.17) is 15.2 Å². The molecule has 1 aliphatic heterocycles. The number of amides is 1. The molecule has 0 aliphatic carbocycles. The van der Waals surface area contributed by atoms with Crippen molar-refractivity contribution < 1.29 is 14.3 Å². The van der Waals surface area contributed by atoms with Crippen LogP contribution in [0.2, 0.25) is 0 Å². The number of nitrogens with one attached hydrogen (secondary N) is 1. The van der Waals surface area contributed by atoms with Gasteiger partial charge in [0.2, 0.25) is 0 Å². The van der Waals surface area contributed by atoms with E-state index in [2.05, 4.69) is 23.7 Å². The van der Waals surface area contributed by atoms with Gasteiger partial charge in [-0.3, -0.25) is 4.79 Å². The van der Waals surface area contributed by atoms with E-state index in [0.29, 0.717) is 39.6 Å². The summed E-state index contributed by atoms with van der Waals surface area (Å²) in [6, 6.07) is 6.15. The Morgan fingerprint density at radius 1 is 1.30 bits per heavy atom. The van der Waals surface area contributed by atoms with E-state index in [1.54, 1.807) is 21.1 Å². The molecule has 0 aromatic heterocycles. The number of rotatable bonds is 10. The Balaban J connectivity index is 1.97. The van der Waals surface area contributed by atoms with Crippen LogP contribution in [-0.2, 0) is 4.79 Å². The number of nitrogens with two attached hydrogens (primary N) is 1. The van der Waals surface area contributed by atoms with Gasteiger partial charge in [-0.05, 0) is 51.8 Å². The van der Waals surface area contributed by atoms with E-state index in [1.165, 1.54) is 31.0 Å². The third-order valence-corrected chi connectivity index (χ3v) is 6.51. The van der Waals surface area contributed by atoms with Crippen molar-refractivity contribution in [2.45, 2.75) is 45.6 Å². The van der Waals surface area contributed by atoms with Crippen molar-refractivity contribution in [3.8, 4) is 11.5 Å². The minimum absolute atomic E-state index is 0.179. The zero-order valence-corrected chi connectivity index (χ0v) is 19.4. The van der Waals surface area contributed by atoms with Crippen LogP contribution >= 0.6 is 11.8 Å². The number of hydrogen-bond acceptors (Lipinski definition) is 6. The number of methoxy groups -OCH3 is 2. The maximum atomic E-state index is 12.8. The molecule has 1 heterocycles. The summed E-state index contributed by atoms with van der Waals surface area (Å²) in [6.45, 7) is 10.9. The molecule has 6 nitrogen and oxygen atoms in total. The van der Waals surface area contributed by atoms with Crippen LogP contribution in [0, 0.1) is 0 Å². The maximum absolute atomic E-state index is 12.8. The first-order valence-electron chi connectivity index (χ1n) is 10.5. The fraction of sp³-hybridized carbons (Fsp3) is 0.522. The highest BCUT2D eigenvalue weighted by atomic mass is 32.2. The number of allylic oxidation sites excluding steroid dienone is 1. The van der Waals surface area contributed by atoms with Crippen LogP contribution in [0.15, 0.2) is 35.4 Å². The molecule has 0 spiro atoms. The molecular weight excluding hydrogens is 398 g/mol. The highest BCUT2D eigenvalue weighted by Crippen LogP contribution is 2.42. The Bertz CT molecular complexity index is 753. The number of hydrogen-bond donors (Lipinski definition) is 2. The SMILES string of the molecule is C=C(S/C(C(=O)NCCCN1CCCCC1C)=C(/C)N)c1c(OC)cccc1OC. The lowest BCUT2D eigenvalue weighted by molar-refractivity contribution is -0.116. The molecule has 1 fully saturated rings. The van der Waals surface area contributed by atoms with Gasteiger partial charge in [0.1, 0.15) is 11.5 Å². The second-order valence-electron chi connectivity index (χ2n) is 7.57. The summed E-state index contributed by atoms with van der Waals surface area (Å²) in [4.78, 5) is 16.4. The van der Waals surface area contributed by atoms with Gasteiger partial charge in [-0.1, -0.05) is 30.8 Å². The number of nitrogens with zero attached hydrogens (tertiary/aromatic N) is 1. The molecule has 30 heavy (non-hydrogen) atoms. The van der Waals surface area contributed by atoms with Gasteiger partial charge in [-0.15, -0.1) is 0 Å². The van der Waals surface area contributed by atoms with Crippen molar-refractivity contribution in [3.63, 3.8) is 0 Å². The second-order valence-corrected chi connectivity index (χ2v) is 8.67. The first-order chi connectivity index (χ1) is 14.4. The summed E-state index contributed by atoms with van der Waals surface area (Å²) in [5, 5.41) is 3.00. The van der Waals surface area contributed by atoms with Crippen LogP contribution in [0.3, 0.4) is 0 Å². The van der Waals surface area contributed by atoms with E-state index < -0.39 is 0 Å². The first kappa shape index (κ1) is 24.2. The molecule has 0 radical (unpaired) electrons. The number of thioether (sulfide) groups is 1. The Kier molecular flexibility index (Phi) is 9.59. The molecule has 3 N–H and O–H groups in total. The monoisotopic (exact) mass is 433 g/mol. The predicted molar refractivity (Wildman–Crippen MR) is 126 cm³/mol. The fourth-order valence-electron chi connectivity index (χ4n) is 3.66. The van der Waals surface area contributed by atoms with Crippen molar-refractivity contribution >= 4 is 22.6 Å². The third kappa shape index (κ3) is 6.44. The van der Waals surface area contributed by atoms with Crippen LogP contribution in [0.25, 0.3) is 4.91 Å². The molecular formula is C23H35N3O3S. The predicted octanol–water partition coefficient (Wildman–Crippen LogP) is 3.98. The summed E-state index contributed by atoms with van der Waals surface area (Å²) < 4.78 is 10.9. The van der Waals surface area contributed by atoms with Gasteiger partial charge in [-0.25, -0.2) is 0 Å². The van der Waals surface area contributed by atoms with Gasteiger partial charge in [0, 0.05) is 29.7 Å². The number of carbonyl (C=O) groups excluding carboxylic acids is 1. The quantitative estimate of drug-likeness (QED) is 0.429. The smallest absolute Gasteiger partial charge is 0.259 e. The van der Waals surface area contributed by atoms with Gasteiger partial charge in [-0.2, -0.15) is 0 Å². The van der Waals surface area contributed by atoms with Crippen LogP contribution < -0.4 is 20.5 Å². The minimum atomic E-state index is -0.179. The van der Waals surface area contributed by atoms with Gasteiger partial charge in [0.25, 0.3) is 5.91 Å². The van der Waals surface area contributed by atoms with Gasteiger partial charge < -0.3 is 25.4 Å². The van der Waals surface area contributed by atoms with Gasteiger partial charge in [0.05, 0.1) is 24.7 Å². The Morgan fingerprint density at radius 3 is 2.53 bits per heavy atom. The maximum Gasteiger partial charge on any atom is 0.259 e. The highest BCUT2D eigenvalue weighted by Gasteiger charge is 2.20. The van der Waals surface area contributed by atoms with Crippen LogP contribution in [-0.4, -0.2) is 50.7 Å². The summed E-state index contributed by atoms with van der Waals surface area (Å²) in [7, 11) is 3.19. The normalized spacial score (nSPS) is 17.8. The van der Waals surface area contributed by atoms with Crippen molar-refractivity contribution in [2.75, 3.05) is 33.9 Å². The van der Waals surface area contributed by atoms with Crippen molar-refractivity contribution in [3.05, 3.63) is 40.9 Å². The lowest BCUT2D eigenvalue weighted by atomic mass is 10.0. The third-order valence-electron chi connectivity index (χ3n) is 5.34. The Labute approximate surface area is 184 Å². The summed E-state index contributed by atoms with van der Waals surface area (Å²) >= 11 is 1.24. The fourth-order valence-corrected chi connectivity index (χ4v) is 4.54. The molecule has 1 aromatic rings. The standard InChI is InChI=1S/C23H35N3O3S/c1-16-10-6-7-14-26(16)15-9-13-25-23(27)22(17(2)24)30-18(3)21-19(28-4)11-8-12-20(21)29-5/h8,11-12,16H,3,6-7,9-10,13-15,24H2,1-2,4-5H3,(H,25,27)/b22-17-. The molecule has 1 amide bonds. The molecule has 2 rings (SSSR count). The topological polar surface area (TPSA) is 76.8 Å². The van der Waals surface area contributed by atoms with E-state index >= 15 is 0 Å². The Hall–Kier alpha value is -2.12. The molecule has 1 aromatic carbocycles. The zero-order chi connectivity index (χ0) is 22.1. The molecule has 0 bridgehead atoms. The summed E-state index contributed by atoms with van der Waals surface area (Å²) in [5.74, 6) is 1.09. The summed E-state index contributed by atoms with van der Waals surface area (Å²) in [6.07, 6.45) is 4.76. The van der Waals surface area contributed by atoms with Crippen molar-refractivity contribution in [1.82, 2.24) is 10.2 Å². The molecule has 1 unspecified atom stereocenters. The van der Waals surface area contributed by atoms with Crippen molar-refractivity contribution in [1.29, 1.82) is 0 Å². The molecule has 0 saturated carbocycles. The van der Waals surface area contributed by atoms with E-state index in [1.807, 2.05) is 18.2 Å². The average Bonchev–Trinajstić information content (AvgIpc) is 2.74. The molecule has 1 saturated heterocycles. The second kappa shape index (κ2) is 11.9. The number of likely N-dealkylation sites (tertiary alicyclic amines) is 1. The van der Waals surface area contributed by atoms with Gasteiger partial charge in [0.15, 0.2) is 0 Å². The van der Waals surface area contributed by atoms with E-state index in [-0.39, 0.29) is 5.91 Å². The summed E-state index contributed by atoms with van der Waals surface area (Å²) in [5.41, 5.74) is 7.21. The van der Waals surface area contributed by atoms with Crippen LogP contribution in [0.4, 0.5) is 0 Å². The molecule has 1 aliphatic rings. The zero-order valence-electron chi connectivity index (χ0n) is 18.6. The molecule has 166 valence electrons. The number of carbonyl (C=O) groups is 1. The number of ether oxygens (including phenoxy) is 2.